The van der Waals surface area contributed by atoms with E-state index in [1.165, 1.54) is 19.3 Å². The molecule has 0 bridgehead atoms. The normalized spacial score (nSPS) is 17.1. The third kappa shape index (κ3) is 4.91. The first-order chi connectivity index (χ1) is 10.7. The Kier molecular flexibility index (Phi) is 5.68. The molecule has 128 valence electrons. The zero-order chi connectivity index (χ0) is 17.1. The van der Waals surface area contributed by atoms with Gasteiger partial charge in [0.2, 0.25) is 0 Å². The fraction of sp³-hybridized carbons (Fsp3) is 0.688. The van der Waals surface area contributed by atoms with E-state index in [1.807, 2.05) is 6.07 Å². The van der Waals surface area contributed by atoms with Crippen molar-refractivity contribution in [2.45, 2.75) is 58.2 Å². The van der Waals surface area contributed by atoms with E-state index in [2.05, 4.69) is 15.4 Å². The second kappa shape index (κ2) is 7.17. The number of hydrogen-bond acceptors (Lipinski definition) is 6. The van der Waals surface area contributed by atoms with Crippen molar-refractivity contribution >= 4 is 18.4 Å². The number of anilines is 1. The van der Waals surface area contributed by atoms with Crippen LogP contribution in [0.2, 0.25) is 0 Å². The predicted octanol–water partition coefficient (Wildman–Crippen LogP) is 1.15. The quantitative estimate of drug-likeness (QED) is 0.682. The maximum atomic E-state index is 10.2. The van der Waals surface area contributed by atoms with Crippen LogP contribution in [-0.4, -0.2) is 51.5 Å². The smallest absolute Gasteiger partial charge is 0.423 e. The second-order valence-corrected chi connectivity index (χ2v) is 7.18. The number of aliphatic hydroxyl groups is 1. The van der Waals surface area contributed by atoms with E-state index in [9.17, 15) is 10.1 Å². The Bertz CT molecular complexity index is 496. The minimum atomic E-state index is -1.13. The lowest BCUT2D eigenvalue weighted by Gasteiger charge is -2.38. The summed E-state index contributed by atoms with van der Waals surface area (Å²) < 4.78 is 5.61. The predicted molar refractivity (Wildman–Crippen MR) is 92.4 cm³/mol. The molecule has 0 radical (unpaired) electrons. The summed E-state index contributed by atoms with van der Waals surface area (Å²) in [5, 5.41) is 22.5. The van der Waals surface area contributed by atoms with Crippen molar-refractivity contribution in [2.24, 2.45) is 0 Å². The topological polar surface area (TPSA) is 77.8 Å². The Morgan fingerprint density at radius 3 is 2.35 bits per heavy atom. The molecule has 0 atom stereocenters. The van der Waals surface area contributed by atoms with Gasteiger partial charge in [-0.05, 0) is 46.6 Å². The summed E-state index contributed by atoms with van der Waals surface area (Å²) in [7, 11) is -1.13. The molecule has 0 spiro atoms. The van der Waals surface area contributed by atoms with E-state index < -0.39 is 18.3 Å². The lowest BCUT2D eigenvalue weighted by molar-refractivity contribution is -0.0982. The number of nitrogens with one attached hydrogen (secondary N) is 1. The molecule has 1 aromatic heterocycles. The summed E-state index contributed by atoms with van der Waals surface area (Å²) in [5.41, 5.74) is 1.88. The summed E-state index contributed by atoms with van der Waals surface area (Å²) in [6.45, 7) is 8.85. The van der Waals surface area contributed by atoms with Crippen molar-refractivity contribution in [3.8, 4) is 0 Å². The molecule has 1 aliphatic heterocycles. The van der Waals surface area contributed by atoms with Crippen molar-refractivity contribution in [3.05, 3.63) is 18.3 Å². The molecule has 1 fully saturated rings. The molecular weight excluding hydrogens is 293 g/mol. The molecule has 7 heteroatoms. The van der Waals surface area contributed by atoms with Gasteiger partial charge >= 0.3 is 7.12 Å². The second-order valence-electron chi connectivity index (χ2n) is 7.18. The van der Waals surface area contributed by atoms with Crippen molar-refractivity contribution in [1.29, 1.82) is 0 Å². The zero-order valence-corrected chi connectivity index (χ0v) is 14.5. The molecule has 0 amide bonds. The van der Waals surface area contributed by atoms with Crippen molar-refractivity contribution in [2.75, 3.05) is 18.5 Å². The molecule has 2 rings (SSSR count). The summed E-state index contributed by atoms with van der Waals surface area (Å²) >= 11 is 0. The fourth-order valence-corrected chi connectivity index (χ4v) is 2.28. The first-order valence-electron chi connectivity index (χ1n) is 8.25. The van der Waals surface area contributed by atoms with Crippen molar-refractivity contribution in [1.82, 2.24) is 9.99 Å². The van der Waals surface area contributed by atoms with Crippen LogP contribution >= 0.6 is 0 Å². The highest BCUT2D eigenvalue weighted by molar-refractivity contribution is 6.60. The van der Waals surface area contributed by atoms with Gasteiger partial charge in [0.15, 0.2) is 0 Å². The van der Waals surface area contributed by atoms with Crippen LogP contribution in [-0.2, 0) is 4.65 Å². The summed E-state index contributed by atoms with van der Waals surface area (Å²) in [5.74, 6) is 0.754. The van der Waals surface area contributed by atoms with Gasteiger partial charge in [0, 0.05) is 24.7 Å². The third-order valence-electron chi connectivity index (χ3n) is 4.58. The Hall–Kier alpha value is -1.15. The van der Waals surface area contributed by atoms with E-state index >= 15 is 0 Å². The maximum Gasteiger partial charge on any atom is 0.493 e. The van der Waals surface area contributed by atoms with Gasteiger partial charge < -0.3 is 20.2 Å². The minimum absolute atomic E-state index is 0.562. The first kappa shape index (κ1) is 18.2. The Labute approximate surface area is 139 Å². The molecule has 1 aromatic rings. The molecule has 2 heterocycles. The maximum absolute atomic E-state index is 10.2. The number of hydrogen-bond donors (Lipinski definition) is 3. The number of rotatable bonds is 6. The lowest BCUT2D eigenvalue weighted by atomic mass is 9.77. The molecule has 0 unspecified atom stereocenters. The van der Waals surface area contributed by atoms with Crippen LogP contribution in [0.4, 0.5) is 5.82 Å². The first-order valence-corrected chi connectivity index (χ1v) is 8.25. The van der Waals surface area contributed by atoms with Gasteiger partial charge in [-0.1, -0.05) is 12.5 Å². The van der Waals surface area contributed by atoms with Crippen LogP contribution in [0.5, 0.6) is 0 Å². The average molecular weight is 321 g/mol. The third-order valence-corrected chi connectivity index (χ3v) is 4.58. The van der Waals surface area contributed by atoms with Crippen LogP contribution in [0.3, 0.4) is 0 Å². The number of pyridine rings is 1. The highest BCUT2D eigenvalue weighted by Crippen LogP contribution is 2.25. The highest BCUT2D eigenvalue weighted by Gasteiger charge is 2.39. The summed E-state index contributed by atoms with van der Waals surface area (Å²) in [6, 6.07) is 3.61. The molecule has 23 heavy (non-hydrogen) atoms. The number of aromatic nitrogens is 1. The Balaban J connectivity index is 1.95. The highest BCUT2D eigenvalue weighted by atomic mass is 16.5. The molecular formula is C16H28BN3O3. The molecule has 1 aliphatic rings. The molecule has 0 saturated carbocycles. The van der Waals surface area contributed by atoms with Gasteiger partial charge in [0.1, 0.15) is 5.82 Å². The van der Waals surface area contributed by atoms with E-state index in [-0.39, 0.29) is 0 Å². The largest absolute Gasteiger partial charge is 0.493 e. The lowest BCUT2D eigenvalue weighted by Crippen LogP contribution is -2.53. The van der Waals surface area contributed by atoms with Crippen LogP contribution in [0.15, 0.2) is 18.3 Å². The number of nitrogens with zero attached hydrogens (tertiary/aromatic N) is 2. The monoisotopic (exact) mass is 321 g/mol. The molecule has 0 aromatic carbocycles. The van der Waals surface area contributed by atoms with E-state index in [1.54, 1.807) is 40.0 Å². The standard InChI is InChI=1S/C16H28BN3O3/c1-15(2,21)16(3,4)23-17(22)13-8-9-14(18-12-13)19-20-10-6-5-7-11-20/h8-9,12,21-22H,5-7,10-11H2,1-4H3,(H,18,19). The number of hydrazine groups is 1. The van der Waals surface area contributed by atoms with Crippen molar-refractivity contribution < 1.29 is 14.8 Å². The van der Waals surface area contributed by atoms with Crippen LogP contribution in [0, 0.1) is 0 Å². The van der Waals surface area contributed by atoms with Crippen LogP contribution in [0.1, 0.15) is 47.0 Å². The number of piperidine rings is 1. The SMILES string of the molecule is CC(C)(O)C(C)(C)OB(O)c1ccc(NN2CCCCC2)nc1. The Morgan fingerprint density at radius 2 is 1.83 bits per heavy atom. The minimum Gasteiger partial charge on any atom is -0.423 e. The molecule has 1 saturated heterocycles. The molecule has 3 N–H and O–H groups in total. The van der Waals surface area contributed by atoms with Gasteiger partial charge in [-0.15, -0.1) is 0 Å². The van der Waals surface area contributed by atoms with Gasteiger partial charge in [-0.2, -0.15) is 0 Å². The van der Waals surface area contributed by atoms with E-state index in [0.717, 1.165) is 18.9 Å². The van der Waals surface area contributed by atoms with E-state index in [0.29, 0.717) is 5.46 Å². The average Bonchev–Trinajstić information content (AvgIpc) is 2.47. The van der Waals surface area contributed by atoms with Crippen LogP contribution < -0.4 is 10.9 Å². The van der Waals surface area contributed by atoms with Gasteiger partial charge in [-0.3, -0.25) is 0 Å². The molecule has 0 aliphatic carbocycles. The zero-order valence-electron chi connectivity index (χ0n) is 14.5. The van der Waals surface area contributed by atoms with Crippen LogP contribution in [0.25, 0.3) is 0 Å². The van der Waals surface area contributed by atoms with Crippen molar-refractivity contribution in [3.63, 3.8) is 0 Å². The fourth-order valence-electron chi connectivity index (χ4n) is 2.28. The molecule has 6 nitrogen and oxygen atoms in total. The summed E-state index contributed by atoms with van der Waals surface area (Å²) in [6.07, 6.45) is 5.27. The van der Waals surface area contributed by atoms with E-state index in [4.69, 9.17) is 4.65 Å². The Morgan fingerprint density at radius 1 is 1.17 bits per heavy atom. The summed E-state index contributed by atoms with van der Waals surface area (Å²) in [4.78, 5) is 4.33. The van der Waals surface area contributed by atoms with Gasteiger partial charge in [-0.25, -0.2) is 9.99 Å². The van der Waals surface area contributed by atoms with Gasteiger partial charge in [0.25, 0.3) is 0 Å². The van der Waals surface area contributed by atoms with Gasteiger partial charge in [0.05, 0.1) is 11.2 Å².